The fraction of sp³-hybridized carbons (Fsp3) is 0.412. The Morgan fingerprint density at radius 2 is 1.52 bits per heavy atom. The van der Waals surface area contributed by atoms with Crippen LogP contribution in [0.25, 0.3) is 0 Å². The van der Waals surface area contributed by atoms with Gasteiger partial charge in [-0.25, -0.2) is 9.59 Å². The molecule has 126 valence electrons. The van der Waals surface area contributed by atoms with Crippen molar-refractivity contribution in [3.63, 3.8) is 0 Å². The zero-order valence-corrected chi connectivity index (χ0v) is 14.0. The van der Waals surface area contributed by atoms with Gasteiger partial charge in [0.25, 0.3) is 0 Å². The molecule has 0 saturated heterocycles. The standard InChI is InChI=1S/C17H24N2O4/c1-6-15(23-17(21)19-12(4)5)13-7-9-14(10-8-13)22-16(20)18-11(2)3/h6-12,15H,1H2,2-5H3,(H,18,20)(H,19,21)/t15-/m0/s1. The summed E-state index contributed by atoms with van der Waals surface area (Å²) in [4.78, 5) is 23.2. The number of ether oxygens (including phenoxy) is 2. The monoisotopic (exact) mass is 320 g/mol. The third-order valence-electron chi connectivity index (χ3n) is 2.68. The molecule has 23 heavy (non-hydrogen) atoms. The molecule has 0 aliphatic rings. The first kappa shape index (κ1) is 18.5. The molecule has 2 amide bonds. The second-order valence-corrected chi connectivity index (χ2v) is 5.62. The Kier molecular flexibility index (Phi) is 7.12. The number of rotatable bonds is 6. The number of benzene rings is 1. The second kappa shape index (κ2) is 8.82. The number of carbonyl (C=O) groups excluding carboxylic acids is 2. The Hall–Kier alpha value is -2.50. The van der Waals surface area contributed by atoms with Crippen molar-refractivity contribution in [2.75, 3.05) is 0 Å². The molecule has 0 aromatic heterocycles. The third kappa shape index (κ3) is 6.86. The SMILES string of the molecule is C=C[C@H](OC(=O)NC(C)C)c1ccc(OC(=O)NC(C)C)cc1. The zero-order chi connectivity index (χ0) is 17.4. The van der Waals surface area contributed by atoms with Gasteiger partial charge in [0.1, 0.15) is 11.9 Å². The molecular weight excluding hydrogens is 296 g/mol. The molecule has 0 bridgehead atoms. The Balaban J connectivity index is 2.67. The molecule has 0 unspecified atom stereocenters. The number of carbonyl (C=O) groups is 2. The Labute approximate surface area is 136 Å². The van der Waals surface area contributed by atoms with E-state index in [0.29, 0.717) is 5.75 Å². The molecule has 6 heteroatoms. The molecular formula is C17H24N2O4. The quantitative estimate of drug-likeness (QED) is 0.786. The van der Waals surface area contributed by atoms with Crippen LogP contribution in [0, 0.1) is 0 Å². The van der Waals surface area contributed by atoms with Gasteiger partial charge in [0.15, 0.2) is 0 Å². The summed E-state index contributed by atoms with van der Waals surface area (Å²) in [5.41, 5.74) is 0.732. The Morgan fingerprint density at radius 3 is 2.00 bits per heavy atom. The molecule has 2 N–H and O–H groups in total. The summed E-state index contributed by atoms with van der Waals surface area (Å²) in [7, 11) is 0. The molecule has 0 fully saturated rings. The van der Waals surface area contributed by atoms with Gasteiger partial charge in [-0.3, -0.25) is 0 Å². The maximum atomic E-state index is 11.7. The lowest BCUT2D eigenvalue weighted by molar-refractivity contribution is 0.118. The molecule has 6 nitrogen and oxygen atoms in total. The normalized spacial score (nSPS) is 11.7. The predicted molar refractivity (Wildman–Crippen MR) is 88.4 cm³/mol. The van der Waals surface area contributed by atoms with Gasteiger partial charge in [-0.05, 0) is 51.5 Å². The van der Waals surface area contributed by atoms with Crippen molar-refractivity contribution in [3.8, 4) is 5.75 Å². The zero-order valence-electron chi connectivity index (χ0n) is 14.0. The lowest BCUT2D eigenvalue weighted by Crippen LogP contribution is -2.32. The molecule has 0 spiro atoms. The van der Waals surface area contributed by atoms with E-state index in [4.69, 9.17) is 9.47 Å². The van der Waals surface area contributed by atoms with Crippen molar-refractivity contribution in [3.05, 3.63) is 42.5 Å². The van der Waals surface area contributed by atoms with Gasteiger partial charge in [0, 0.05) is 12.1 Å². The Bertz CT molecular complexity index is 538. The number of hydrogen-bond acceptors (Lipinski definition) is 4. The molecule has 1 rings (SSSR count). The van der Waals surface area contributed by atoms with Crippen molar-refractivity contribution in [1.82, 2.24) is 10.6 Å². The van der Waals surface area contributed by atoms with E-state index in [1.807, 2.05) is 27.7 Å². The number of nitrogens with one attached hydrogen (secondary N) is 2. The number of amides is 2. The van der Waals surface area contributed by atoms with Crippen LogP contribution in [-0.2, 0) is 4.74 Å². The van der Waals surface area contributed by atoms with Crippen LogP contribution in [0.3, 0.4) is 0 Å². The minimum Gasteiger partial charge on any atom is -0.437 e. The molecule has 0 heterocycles. The molecule has 1 aromatic rings. The summed E-state index contributed by atoms with van der Waals surface area (Å²) >= 11 is 0. The predicted octanol–water partition coefficient (Wildman–Crippen LogP) is 3.55. The first-order chi connectivity index (χ1) is 10.8. The summed E-state index contributed by atoms with van der Waals surface area (Å²) in [6.45, 7) is 11.1. The minimum absolute atomic E-state index is 0.000195. The third-order valence-corrected chi connectivity index (χ3v) is 2.68. The highest BCUT2D eigenvalue weighted by molar-refractivity contribution is 5.70. The maximum absolute atomic E-state index is 11.7. The summed E-state index contributed by atoms with van der Waals surface area (Å²) in [5.74, 6) is 0.404. The highest BCUT2D eigenvalue weighted by Gasteiger charge is 2.14. The maximum Gasteiger partial charge on any atom is 0.412 e. The van der Waals surface area contributed by atoms with E-state index in [2.05, 4.69) is 17.2 Å². The van der Waals surface area contributed by atoms with Crippen LogP contribution in [0.1, 0.15) is 39.4 Å². The Morgan fingerprint density at radius 1 is 1.00 bits per heavy atom. The van der Waals surface area contributed by atoms with Gasteiger partial charge < -0.3 is 20.1 Å². The van der Waals surface area contributed by atoms with Crippen LogP contribution >= 0.6 is 0 Å². The van der Waals surface area contributed by atoms with E-state index in [9.17, 15) is 9.59 Å². The fourth-order valence-corrected chi connectivity index (χ4v) is 1.74. The van der Waals surface area contributed by atoms with Gasteiger partial charge in [-0.15, -0.1) is 0 Å². The summed E-state index contributed by atoms with van der Waals surface area (Å²) in [6.07, 6.45) is -0.0734. The molecule has 1 aromatic carbocycles. The van der Waals surface area contributed by atoms with Crippen molar-refractivity contribution < 1.29 is 19.1 Å². The highest BCUT2D eigenvalue weighted by Crippen LogP contribution is 2.22. The summed E-state index contributed by atoms with van der Waals surface area (Å²) in [5, 5.41) is 5.28. The van der Waals surface area contributed by atoms with Gasteiger partial charge in [0.05, 0.1) is 0 Å². The molecule has 0 aliphatic heterocycles. The highest BCUT2D eigenvalue weighted by atomic mass is 16.6. The first-order valence-electron chi connectivity index (χ1n) is 7.49. The van der Waals surface area contributed by atoms with E-state index in [0.717, 1.165) is 5.56 Å². The fourth-order valence-electron chi connectivity index (χ4n) is 1.74. The van der Waals surface area contributed by atoms with Crippen molar-refractivity contribution in [1.29, 1.82) is 0 Å². The van der Waals surface area contributed by atoms with Gasteiger partial charge in [-0.2, -0.15) is 0 Å². The van der Waals surface area contributed by atoms with E-state index < -0.39 is 18.3 Å². The van der Waals surface area contributed by atoms with Crippen LogP contribution in [-0.4, -0.2) is 24.3 Å². The number of hydrogen-bond donors (Lipinski definition) is 2. The van der Waals surface area contributed by atoms with E-state index in [-0.39, 0.29) is 12.1 Å². The van der Waals surface area contributed by atoms with Crippen molar-refractivity contribution in [2.24, 2.45) is 0 Å². The lowest BCUT2D eigenvalue weighted by Gasteiger charge is -2.16. The molecule has 0 saturated carbocycles. The number of alkyl carbamates (subject to hydrolysis) is 1. The van der Waals surface area contributed by atoms with Crippen LogP contribution in [0.2, 0.25) is 0 Å². The summed E-state index contributed by atoms with van der Waals surface area (Å²) < 4.78 is 10.4. The second-order valence-electron chi connectivity index (χ2n) is 5.62. The van der Waals surface area contributed by atoms with Crippen LogP contribution < -0.4 is 15.4 Å². The minimum atomic E-state index is -0.577. The van der Waals surface area contributed by atoms with Crippen LogP contribution in [0.5, 0.6) is 5.75 Å². The van der Waals surface area contributed by atoms with Crippen molar-refractivity contribution in [2.45, 2.75) is 45.9 Å². The van der Waals surface area contributed by atoms with Gasteiger partial charge >= 0.3 is 12.2 Å². The molecule has 1 atom stereocenters. The molecule has 0 radical (unpaired) electrons. The van der Waals surface area contributed by atoms with Gasteiger partial charge in [-0.1, -0.05) is 18.7 Å². The first-order valence-corrected chi connectivity index (χ1v) is 7.49. The smallest absolute Gasteiger partial charge is 0.412 e. The van der Waals surface area contributed by atoms with Crippen LogP contribution in [0.4, 0.5) is 9.59 Å². The molecule has 0 aliphatic carbocycles. The average Bonchev–Trinajstić information content (AvgIpc) is 2.44. The van der Waals surface area contributed by atoms with Crippen LogP contribution in [0.15, 0.2) is 36.9 Å². The summed E-state index contributed by atoms with van der Waals surface area (Å²) in [6, 6.07) is 6.69. The van der Waals surface area contributed by atoms with E-state index in [1.54, 1.807) is 24.3 Å². The van der Waals surface area contributed by atoms with E-state index in [1.165, 1.54) is 6.08 Å². The average molecular weight is 320 g/mol. The van der Waals surface area contributed by atoms with E-state index >= 15 is 0 Å². The van der Waals surface area contributed by atoms with Crippen molar-refractivity contribution >= 4 is 12.2 Å². The largest absolute Gasteiger partial charge is 0.437 e. The lowest BCUT2D eigenvalue weighted by atomic mass is 10.1. The van der Waals surface area contributed by atoms with Gasteiger partial charge in [0.2, 0.25) is 0 Å². The topological polar surface area (TPSA) is 76.7 Å².